The molecule has 3 rings (SSSR count). The Balaban J connectivity index is 1.99. The van der Waals surface area contributed by atoms with Crippen LogP contribution in [0.2, 0.25) is 0 Å². The molecule has 0 fully saturated rings. The highest BCUT2D eigenvalue weighted by atomic mass is 32.2. The van der Waals surface area contributed by atoms with Gasteiger partial charge in [0, 0.05) is 30.5 Å². The number of hydrogen-bond donors (Lipinski definition) is 2. The van der Waals surface area contributed by atoms with Crippen LogP contribution in [0.15, 0.2) is 65.8 Å². The molecule has 0 aliphatic rings. The topological polar surface area (TPSA) is 102 Å². The van der Waals surface area contributed by atoms with Crippen molar-refractivity contribution < 1.29 is 17.9 Å². The zero-order chi connectivity index (χ0) is 23.5. The van der Waals surface area contributed by atoms with Crippen molar-refractivity contribution in [3.05, 3.63) is 77.9 Å². The van der Waals surface area contributed by atoms with Gasteiger partial charge in [-0.15, -0.1) is 0 Å². The number of benzene rings is 2. The van der Waals surface area contributed by atoms with E-state index in [1.54, 1.807) is 33.2 Å². The van der Waals surface area contributed by atoms with Gasteiger partial charge in [-0.2, -0.15) is 0 Å². The number of imidazole rings is 1. The molecule has 1 heterocycles. The van der Waals surface area contributed by atoms with E-state index >= 15 is 0 Å². The van der Waals surface area contributed by atoms with Crippen molar-refractivity contribution in [3.63, 3.8) is 0 Å². The van der Waals surface area contributed by atoms with Crippen LogP contribution in [0, 0.1) is 0 Å². The van der Waals surface area contributed by atoms with Gasteiger partial charge in [0.2, 0.25) is 10.0 Å². The largest absolute Gasteiger partial charge is 0.495 e. The number of sulfonamides is 1. The van der Waals surface area contributed by atoms with Gasteiger partial charge in [0.05, 0.1) is 7.11 Å². The second-order valence-electron chi connectivity index (χ2n) is 8.43. The van der Waals surface area contributed by atoms with Crippen molar-refractivity contribution in [3.8, 4) is 5.75 Å². The Hall–Kier alpha value is -3.17. The first-order valence-electron chi connectivity index (χ1n) is 10.1. The van der Waals surface area contributed by atoms with E-state index in [-0.39, 0.29) is 16.2 Å². The molecule has 0 bridgehead atoms. The van der Waals surface area contributed by atoms with Crippen molar-refractivity contribution in [1.29, 1.82) is 0 Å². The monoisotopic (exact) mass is 456 g/mol. The van der Waals surface area contributed by atoms with Crippen LogP contribution in [0.25, 0.3) is 0 Å². The minimum atomic E-state index is -3.92. The predicted molar refractivity (Wildman–Crippen MR) is 122 cm³/mol. The molecule has 1 atom stereocenters. The highest BCUT2D eigenvalue weighted by Gasteiger charge is 2.27. The van der Waals surface area contributed by atoms with Gasteiger partial charge in [-0.3, -0.25) is 4.79 Å². The number of amides is 1. The summed E-state index contributed by atoms with van der Waals surface area (Å²) in [4.78, 5) is 17.5. The zero-order valence-corrected chi connectivity index (χ0v) is 19.6. The molecule has 32 heavy (non-hydrogen) atoms. The lowest BCUT2D eigenvalue weighted by Gasteiger charge is -2.22. The minimum absolute atomic E-state index is 0.101. The first-order valence-corrected chi connectivity index (χ1v) is 11.6. The summed E-state index contributed by atoms with van der Waals surface area (Å²) in [5.41, 5.74) is 0.347. The lowest BCUT2D eigenvalue weighted by atomic mass is 10.1. The number of carbonyl (C=O) groups excluding carboxylic acids is 1. The maximum atomic E-state index is 13.2. The lowest BCUT2D eigenvalue weighted by Crippen LogP contribution is -2.40. The van der Waals surface area contributed by atoms with Gasteiger partial charge < -0.3 is 14.6 Å². The average Bonchev–Trinajstić information content (AvgIpc) is 3.15. The fourth-order valence-electron chi connectivity index (χ4n) is 3.30. The molecule has 0 saturated carbocycles. The number of aryl methyl sites for hydroxylation is 1. The van der Waals surface area contributed by atoms with Gasteiger partial charge >= 0.3 is 0 Å². The third-order valence-corrected chi connectivity index (χ3v) is 6.46. The Kier molecular flexibility index (Phi) is 6.71. The average molecular weight is 457 g/mol. The van der Waals surface area contributed by atoms with E-state index in [1.165, 1.54) is 25.3 Å². The molecule has 0 unspecified atom stereocenters. The summed E-state index contributed by atoms with van der Waals surface area (Å²) in [6.07, 6.45) is 3.46. The Morgan fingerprint density at radius 1 is 1.12 bits per heavy atom. The van der Waals surface area contributed by atoms with E-state index < -0.39 is 27.5 Å². The molecule has 1 amide bonds. The maximum absolute atomic E-state index is 13.2. The van der Waals surface area contributed by atoms with E-state index in [0.29, 0.717) is 5.82 Å². The number of aromatic nitrogens is 2. The summed E-state index contributed by atoms with van der Waals surface area (Å²) < 4.78 is 35.5. The molecule has 8 nitrogen and oxygen atoms in total. The molecular formula is C23H28N4O4S. The molecule has 2 aromatic carbocycles. The van der Waals surface area contributed by atoms with E-state index in [9.17, 15) is 13.2 Å². The predicted octanol–water partition coefficient (Wildman–Crippen LogP) is 3.02. The summed E-state index contributed by atoms with van der Waals surface area (Å²) in [7, 11) is -0.684. The molecule has 2 N–H and O–H groups in total. The Labute approximate surface area is 188 Å². The molecule has 0 saturated heterocycles. The fraction of sp³-hybridized carbons (Fsp3) is 0.304. The minimum Gasteiger partial charge on any atom is -0.495 e. The second-order valence-corrected chi connectivity index (χ2v) is 10.1. The SMILES string of the molecule is COc1ccc(C(=O)N[C@H](c2ccccc2)c2nccn2C)cc1S(=O)(=O)NC(C)(C)C. The Morgan fingerprint density at radius 3 is 2.38 bits per heavy atom. The normalized spacial score (nSPS) is 12.9. The molecule has 0 aliphatic heterocycles. The van der Waals surface area contributed by atoms with Gasteiger partial charge in [0.25, 0.3) is 5.91 Å². The molecule has 0 radical (unpaired) electrons. The van der Waals surface area contributed by atoms with Gasteiger partial charge in [0.15, 0.2) is 0 Å². The number of ether oxygens (including phenoxy) is 1. The van der Waals surface area contributed by atoms with Crippen LogP contribution >= 0.6 is 0 Å². The Morgan fingerprint density at radius 2 is 1.81 bits per heavy atom. The van der Waals surface area contributed by atoms with Crippen molar-refractivity contribution in [1.82, 2.24) is 19.6 Å². The van der Waals surface area contributed by atoms with Crippen molar-refractivity contribution in [2.24, 2.45) is 7.05 Å². The second kappa shape index (κ2) is 9.13. The molecular weight excluding hydrogens is 428 g/mol. The summed E-state index contributed by atoms with van der Waals surface area (Å²) in [6, 6.07) is 13.3. The van der Waals surface area contributed by atoms with Gasteiger partial charge in [-0.05, 0) is 44.5 Å². The summed E-state index contributed by atoms with van der Waals surface area (Å²) >= 11 is 0. The third-order valence-electron chi connectivity index (χ3n) is 4.68. The highest BCUT2D eigenvalue weighted by molar-refractivity contribution is 7.89. The number of methoxy groups -OCH3 is 1. The smallest absolute Gasteiger partial charge is 0.252 e. The number of rotatable bonds is 7. The summed E-state index contributed by atoms with van der Waals surface area (Å²) in [6.45, 7) is 5.22. The third kappa shape index (κ3) is 5.35. The van der Waals surface area contributed by atoms with Crippen LogP contribution in [0.4, 0.5) is 0 Å². The van der Waals surface area contributed by atoms with E-state index in [0.717, 1.165) is 5.56 Å². The van der Waals surface area contributed by atoms with E-state index in [2.05, 4.69) is 15.0 Å². The number of carbonyl (C=O) groups is 1. The number of nitrogens with one attached hydrogen (secondary N) is 2. The summed E-state index contributed by atoms with van der Waals surface area (Å²) in [5.74, 6) is 0.374. The quantitative estimate of drug-likeness (QED) is 0.569. The first-order chi connectivity index (χ1) is 15.0. The van der Waals surface area contributed by atoms with Crippen molar-refractivity contribution >= 4 is 15.9 Å². The standard InChI is InChI=1S/C23H28N4O4S/c1-23(2,3)26-32(29,30)19-15-17(11-12-18(19)31-5)22(28)25-20(16-9-7-6-8-10-16)21-24-13-14-27(21)4/h6-15,20,26H,1-5H3,(H,25,28)/t20-/m1/s1. The van der Waals surface area contributed by atoms with Gasteiger partial charge in [0.1, 0.15) is 22.5 Å². The van der Waals surface area contributed by atoms with Crippen molar-refractivity contribution in [2.75, 3.05) is 7.11 Å². The molecule has 9 heteroatoms. The van der Waals surface area contributed by atoms with E-state index in [1.807, 2.05) is 41.9 Å². The molecule has 1 aromatic heterocycles. The number of nitrogens with zero attached hydrogens (tertiary/aromatic N) is 2. The lowest BCUT2D eigenvalue weighted by molar-refractivity contribution is 0.0941. The zero-order valence-electron chi connectivity index (χ0n) is 18.8. The van der Waals surface area contributed by atoms with E-state index in [4.69, 9.17) is 4.74 Å². The Bertz CT molecular complexity index is 1200. The maximum Gasteiger partial charge on any atom is 0.252 e. The summed E-state index contributed by atoms with van der Waals surface area (Å²) in [5, 5.41) is 2.98. The van der Waals surface area contributed by atoms with Crippen LogP contribution in [0.5, 0.6) is 5.75 Å². The highest BCUT2D eigenvalue weighted by Crippen LogP contribution is 2.27. The molecule has 3 aromatic rings. The van der Waals surface area contributed by atoms with Crippen LogP contribution in [-0.4, -0.2) is 36.5 Å². The van der Waals surface area contributed by atoms with Crippen LogP contribution < -0.4 is 14.8 Å². The number of hydrogen-bond acceptors (Lipinski definition) is 5. The van der Waals surface area contributed by atoms with Gasteiger partial charge in [-0.25, -0.2) is 18.1 Å². The molecule has 0 spiro atoms. The first kappa shape index (κ1) is 23.5. The van der Waals surface area contributed by atoms with Gasteiger partial charge in [-0.1, -0.05) is 30.3 Å². The fourth-order valence-corrected chi connectivity index (χ4v) is 4.91. The molecule has 0 aliphatic carbocycles. The van der Waals surface area contributed by atoms with Crippen LogP contribution in [0.3, 0.4) is 0 Å². The van der Waals surface area contributed by atoms with Crippen LogP contribution in [-0.2, 0) is 17.1 Å². The molecule has 170 valence electrons. The van der Waals surface area contributed by atoms with Crippen molar-refractivity contribution in [2.45, 2.75) is 37.2 Å². The van der Waals surface area contributed by atoms with Crippen LogP contribution in [0.1, 0.15) is 48.6 Å².